The van der Waals surface area contributed by atoms with Crippen LogP contribution in [0.3, 0.4) is 0 Å². The second-order valence-corrected chi connectivity index (χ2v) is 3.00. The lowest BCUT2D eigenvalue weighted by Gasteiger charge is -2.22. The average molecular weight is 214 g/mol. The van der Waals surface area contributed by atoms with Crippen LogP contribution in [0, 0.1) is 0 Å². The molecule has 2 N–H and O–H groups in total. The summed E-state index contributed by atoms with van der Waals surface area (Å²) >= 11 is 0. The van der Waals surface area contributed by atoms with Gasteiger partial charge in [-0.15, -0.1) is 0 Å². The van der Waals surface area contributed by atoms with Crippen LogP contribution in [0.15, 0.2) is 16.9 Å². The van der Waals surface area contributed by atoms with Crippen LogP contribution in [-0.4, -0.2) is 36.4 Å². The zero-order chi connectivity index (χ0) is 11.3. The maximum atomic E-state index is 11.6. The standard InChI is InChI=1S/C9H14N2O4/c1-3-14-8(12)9(13,6-10-2)7-4-5-15-11-7/h4-5,10,13H,3,6H2,1-2H3. The number of rotatable bonds is 5. The molecule has 84 valence electrons. The maximum Gasteiger partial charge on any atom is 0.345 e. The van der Waals surface area contributed by atoms with Crippen molar-refractivity contribution in [3.8, 4) is 0 Å². The third-order valence-corrected chi connectivity index (χ3v) is 1.91. The first-order chi connectivity index (χ1) is 7.15. The Hall–Kier alpha value is -1.40. The van der Waals surface area contributed by atoms with Gasteiger partial charge in [-0.1, -0.05) is 5.16 Å². The zero-order valence-corrected chi connectivity index (χ0v) is 8.69. The first kappa shape index (κ1) is 11.7. The molecule has 1 aromatic heterocycles. The van der Waals surface area contributed by atoms with Crippen molar-refractivity contribution in [2.75, 3.05) is 20.2 Å². The highest BCUT2D eigenvalue weighted by molar-refractivity contribution is 5.80. The van der Waals surface area contributed by atoms with E-state index >= 15 is 0 Å². The summed E-state index contributed by atoms with van der Waals surface area (Å²) in [6.07, 6.45) is 1.29. The number of hydrogen-bond acceptors (Lipinski definition) is 6. The van der Waals surface area contributed by atoms with Crippen LogP contribution in [0.5, 0.6) is 0 Å². The fraction of sp³-hybridized carbons (Fsp3) is 0.556. The van der Waals surface area contributed by atoms with E-state index in [1.54, 1.807) is 14.0 Å². The quantitative estimate of drug-likeness (QED) is 0.651. The summed E-state index contributed by atoms with van der Waals surface area (Å²) in [5, 5.41) is 16.4. The second kappa shape index (κ2) is 4.90. The Labute approximate surface area is 87.2 Å². The van der Waals surface area contributed by atoms with Crippen LogP contribution in [0.2, 0.25) is 0 Å². The van der Waals surface area contributed by atoms with Crippen molar-refractivity contribution >= 4 is 5.97 Å². The van der Waals surface area contributed by atoms with Crippen molar-refractivity contribution in [1.82, 2.24) is 10.5 Å². The fourth-order valence-electron chi connectivity index (χ4n) is 1.20. The smallest absolute Gasteiger partial charge is 0.345 e. The number of nitrogens with one attached hydrogen (secondary N) is 1. The first-order valence-electron chi connectivity index (χ1n) is 4.60. The van der Waals surface area contributed by atoms with Gasteiger partial charge in [-0.25, -0.2) is 4.79 Å². The molecule has 0 spiro atoms. The normalized spacial score (nSPS) is 14.6. The van der Waals surface area contributed by atoms with Gasteiger partial charge in [-0.05, 0) is 14.0 Å². The number of carbonyl (C=O) groups is 1. The molecule has 0 saturated heterocycles. The van der Waals surface area contributed by atoms with Crippen LogP contribution >= 0.6 is 0 Å². The van der Waals surface area contributed by atoms with Gasteiger partial charge >= 0.3 is 5.97 Å². The first-order valence-corrected chi connectivity index (χ1v) is 4.60. The van der Waals surface area contributed by atoms with Crippen molar-refractivity contribution in [3.63, 3.8) is 0 Å². The van der Waals surface area contributed by atoms with E-state index in [1.165, 1.54) is 12.3 Å². The van der Waals surface area contributed by atoms with Crippen molar-refractivity contribution in [2.45, 2.75) is 12.5 Å². The minimum Gasteiger partial charge on any atom is -0.464 e. The summed E-state index contributed by atoms with van der Waals surface area (Å²) in [5.41, 5.74) is -1.66. The van der Waals surface area contributed by atoms with Crippen LogP contribution in [0.25, 0.3) is 0 Å². The van der Waals surface area contributed by atoms with Gasteiger partial charge in [0.1, 0.15) is 12.0 Å². The van der Waals surface area contributed by atoms with E-state index in [4.69, 9.17) is 4.74 Å². The second-order valence-electron chi connectivity index (χ2n) is 3.00. The van der Waals surface area contributed by atoms with Gasteiger partial charge in [0.05, 0.1) is 6.61 Å². The number of carbonyl (C=O) groups excluding carboxylic acids is 1. The number of nitrogens with zero attached hydrogens (tertiary/aromatic N) is 1. The van der Waals surface area contributed by atoms with Crippen LogP contribution in [-0.2, 0) is 15.1 Å². The van der Waals surface area contributed by atoms with E-state index in [1.807, 2.05) is 0 Å². The van der Waals surface area contributed by atoms with E-state index in [0.29, 0.717) is 0 Å². The minimum atomic E-state index is -1.79. The number of ether oxygens (including phenoxy) is 1. The summed E-state index contributed by atoms with van der Waals surface area (Å²) in [6.45, 7) is 1.88. The number of likely N-dealkylation sites (N-methyl/N-ethyl adjacent to an activating group) is 1. The predicted octanol–water partition coefficient (Wildman–Crippen LogP) is -0.355. The lowest BCUT2D eigenvalue weighted by Crippen LogP contribution is -2.45. The van der Waals surface area contributed by atoms with E-state index in [2.05, 4.69) is 15.0 Å². The third-order valence-electron chi connectivity index (χ3n) is 1.91. The summed E-state index contributed by atoms with van der Waals surface area (Å²) in [4.78, 5) is 11.6. The summed E-state index contributed by atoms with van der Waals surface area (Å²) in [7, 11) is 1.62. The van der Waals surface area contributed by atoms with Crippen molar-refractivity contribution in [2.24, 2.45) is 0 Å². The molecule has 0 saturated carbocycles. The van der Waals surface area contributed by atoms with Crippen LogP contribution in [0.4, 0.5) is 0 Å². The lowest BCUT2D eigenvalue weighted by atomic mass is 10.0. The Morgan fingerprint density at radius 1 is 1.80 bits per heavy atom. The fourth-order valence-corrected chi connectivity index (χ4v) is 1.20. The lowest BCUT2D eigenvalue weighted by molar-refractivity contribution is -0.166. The molecule has 0 radical (unpaired) electrons. The van der Waals surface area contributed by atoms with Gasteiger partial charge in [-0.3, -0.25) is 0 Å². The SMILES string of the molecule is CCOC(=O)C(O)(CNC)c1ccon1. The summed E-state index contributed by atoms with van der Waals surface area (Å²) in [6, 6.07) is 1.42. The number of aliphatic hydroxyl groups is 1. The van der Waals surface area contributed by atoms with E-state index in [0.717, 1.165) is 0 Å². The molecule has 15 heavy (non-hydrogen) atoms. The van der Waals surface area contributed by atoms with Crippen molar-refractivity contribution < 1.29 is 19.2 Å². The van der Waals surface area contributed by atoms with E-state index < -0.39 is 11.6 Å². The van der Waals surface area contributed by atoms with Gasteiger partial charge < -0.3 is 19.7 Å². The molecule has 0 aliphatic rings. The minimum absolute atomic E-state index is 0.0123. The molecule has 1 heterocycles. The molecule has 1 rings (SSSR count). The Bertz CT molecular complexity index is 312. The number of hydrogen-bond donors (Lipinski definition) is 2. The Morgan fingerprint density at radius 2 is 2.53 bits per heavy atom. The average Bonchev–Trinajstić information content (AvgIpc) is 2.71. The zero-order valence-electron chi connectivity index (χ0n) is 8.69. The molecule has 0 fully saturated rings. The highest BCUT2D eigenvalue weighted by Gasteiger charge is 2.41. The monoisotopic (exact) mass is 214 g/mol. The summed E-state index contributed by atoms with van der Waals surface area (Å²) < 4.78 is 9.36. The topological polar surface area (TPSA) is 84.6 Å². The highest BCUT2D eigenvalue weighted by Crippen LogP contribution is 2.20. The van der Waals surface area contributed by atoms with Crippen LogP contribution in [0.1, 0.15) is 12.6 Å². The Balaban J connectivity index is 2.92. The molecule has 1 atom stereocenters. The molecular formula is C9H14N2O4. The highest BCUT2D eigenvalue weighted by atomic mass is 16.5. The third kappa shape index (κ3) is 2.34. The van der Waals surface area contributed by atoms with Gasteiger partial charge in [-0.2, -0.15) is 0 Å². The molecule has 1 aromatic rings. The largest absolute Gasteiger partial charge is 0.464 e. The molecule has 0 bridgehead atoms. The molecule has 0 aliphatic carbocycles. The molecular weight excluding hydrogens is 200 g/mol. The molecule has 0 aromatic carbocycles. The van der Waals surface area contributed by atoms with Gasteiger partial charge in [0.2, 0.25) is 5.60 Å². The predicted molar refractivity (Wildman–Crippen MR) is 51.0 cm³/mol. The van der Waals surface area contributed by atoms with Gasteiger partial charge in [0.15, 0.2) is 0 Å². The Morgan fingerprint density at radius 3 is 3.00 bits per heavy atom. The van der Waals surface area contributed by atoms with Gasteiger partial charge in [0.25, 0.3) is 0 Å². The molecule has 0 amide bonds. The molecule has 6 nitrogen and oxygen atoms in total. The summed E-state index contributed by atoms with van der Waals surface area (Å²) in [5.74, 6) is -0.742. The van der Waals surface area contributed by atoms with E-state index in [-0.39, 0.29) is 18.8 Å². The Kier molecular flexibility index (Phi) is 3.81. The van der Waals surface area contributed by atoms with Crippen molar-refractivity contribution in [1.29, 1.82) is 0 Å². The number of esters is 1. The van der Waals surface area contributed by atoms with E-state index in [9.17, 15) is 9.90 Å². The molecule has 6 heteroatoms. The van der Waals surface area contributed by atoms with Gasteiger partial charge in [0, 0.05) is 12.6 Å². The van der Waals surface area contributed by atoms with Crippen LogP contribution < -0.4 is 5.32 Å². The van der Waals surface area contributed by atoms with Crippen molar-refractivity contribution in [3.05, 3.63) is 18.0 Å². The number of aromatic nitrogens is 1. The molecule has 0 aliphatic heterocycles. The molecule has 1 unspecified atom stereocenters. The maximum absolute atomic E-state index is 11.6.